The van der Waals surface area contributed by atoms with Gasteiger partial charge in [-0.3, -0.25) is 0 Å². The molecule has 7 heteroatoms. The zero-order valence-electron chi connectivity index (χ0n) is 3.62. The molecule has 0 aliphatic carbocycles. The minimum Gasteiger partial charge on any atom is -2.00 e. The molecule has 0 saturated heterocycles. The van der Waals surface area contributed by atoms with Gasteiger partial charge in [-0.15, -0.1) is 0 Å². The average Bonchev–Trinajstić information content (AvgIpc) is 0. The van der Waals surface area contributed by atoms with Crippen LogP contribution in [0, 0.1) is 0 Å². The molecule has 0 aromatic rings. The Kier molecular flexibility index (Phi) is 7680. The quantitative estimate of drug-likeness (QED) is 0.397. The molecule has 0 heterocycles. The molecule has 8 N–H and O–H groups in total. The van der Waals surface area contributed by atoms with Gasteiger partial charge in [0.15, 0.2) is 0 Å². The van der Waals surface area contributed by atoms with Crippen molar-refractivity contribution in [2.45, 2.75) is 0 Å². The maximum atomic E-state index is 0. The van der Waals surface area contributed by atoms with Crippen LogP contribution >= 0.6 is 0 Å². The van der Waals surface area contributed by atoms with Gasteiger partial charge in [0, 0.05) is 23.9 Å². The van der Waals surface area contributed by atoms with Gasteiger partial charge in [0.25, 0.3) is 0 Å². The van der Waals surface area contributed by atoms with Gasteiger partial charge in [0.05, 0.1) is 0 Å². The molecule has 0 saturated carbocycles. The smallest absolute Gasteiger partial charge is 2.00 e. The second kappa shape index (κ2) is 187. The first-order valence-electron chi connectivity index (χ1n) is 0. The van der Waals surface area contributed by atoms with Crippen LogP contribution in [0.4, 0.5) is 0 Å². The van der Waals surface area contributed by atoms with Gasteiger partial charge in [0.1, 0.15) is 0 Å². The fraction of sp³-hybridized carbons (Fsp3) is 0. The van der Waals surface area contributed by atoms with E-state index in [-0.39, 0.29) is 70.8 Å². The molecule has 0 unspecified atom stereocenters. The third-order valence-electron chi connectivity index (χ3n) is 0. The molecule has 0 aliphatic heterocycles. The largest absolute Gasteiger partial charge is 2.00 e. The molecule has 0 aromatic heterocycles. The van der Waals surface area contributed by atoms with Crippen molar-refractivity contribution < 1.29 is 46.9 Å². The summed E-state index contributed by atoms with van der Waals surface area (Å²) in [6, 6.07) is 0. The fourth-order valence-electron chi connectivity index (χ4n) is 0. The number of hydrogen-bond donors (Lipinski definition) is 0. The zero-order chi connectivity index (χ0) is 0. The van der Waals surface area contributed by atoms with Crippen LogP contribution in [0.2, 0.25) is 0 Å². The Morgan fingerprint density at radius 1 is 0.571 bits per heavy atom. The molecule has 44 valence electrons. The topological polar surface area (TPSA) is 154 Å². The van der Waals surface area contributed by atoms with E-state index in [9.17, 15) is 0 Å². The standard InChI is InChI=1S/4H2O.O.Sn.Zn/h4*1H2;;;/q;;;;-2;;+2. The van der Waals surface area contributed by atoms with Gasteiger partial charge in [-0.05, 0) is 0 Å². The normalized spacial score (nSPS) is 0. The van der Waals surface area contributed by atoms with Crippen LogP contribution in [0.5, 0.6) is 0 Å². The summed E-state index contributed by atoms with van der Waals surface area (Å²) < 4.78 is 0. The van der Waals surface area contributed by atoms with Crippen molar-refractivity contribution in [3.05, 3.63) is 0 Å². The van der Waals surface area contributed by atoms with E-state index in [1.54, 1.807) is 0 Å². The Morgan fingerprint density at radius 3 is 0.571 bits per heavy atom. The summed E-state index contributed by atoms with van der Waals surface area (Å²) in [5.41, 5.74) is 0. The Balaban J connectivity index is 0. The predicted molar refractivity (Wildman–Crippen MR) is 20.9 cm³/mol. The summed E-state index contributed by atoms with van der Waals surface area (Å²) in [6.07, 6.45) is 0. The first-order valence-corrected chi connectivity index (χ1v) is 0. The van der Waals surface area contributed by atoms with Gasteiger partial charge >= 0.3 is 19.5 Å². The minimum absolute atomic E-state index is 0. The van der Waals surface area contributed by atoms with Gasteiger partial charge in [-0.2, -0.15) is 0 Å². The van der Waals surface area contributed by atoms with Crippen molar-refractivity contribution in [2.75, 3.05) is 0 Å². The Bertz CT molecular complexity index is 8.04. The first-order chi connectivity index (χ1) is 0. The third-order valence-corrected chi connectivity index (χ3v) is 0. The van der Waals surface area contributed by atoms with E-state index < -0.39 is 0 Å². The molecule has 0 rings (SSSR count). The maximum Gasteiger partial charge on any atom is 2.00 e. The third kappa shape index (κ3) is 132. The van der Waals surface area contributed by atoms with E-state index in [1.165, 1.54) is 0 Å². The number of hydrogen-bond acceptors (Lipinski definition) is 0. The van der Waals surface area contributed by atoms with Crippen molar-refractivity contribution in [2.24, 2.45) is 0 Å². The molecule has 5 nitrogen and oxygen atoms in total. The average molecular weight is 272 g/mol. The second-order valence-corrected chi connectivity index (χ2v) is 0. The minimum atomic E-state index is 0. The maximum absolute atomic E-state index is 0. The van der Waals surface area contributed by atoms with Gasteiger partial charge < -0.3 is 27.4 Å². The van der Waals surface area contributed by atoms with E-state index >= 15 is 0 Å². The summed E-state index contributed by atoms with van der Waals surface area (Å²) in [6.45, 7) is 0. The molecule has 0 aromatic carbocycles. The molecule has 0 atom stereocenters. The van der Waals surface area contributed by atoms with E-state index in [1.807, 2.05) is 0 Å². The van der Waals surface area contributed by atoms with Crippen LogP contribution in [-0.2, 0) is 25.0 Å². The summed E-state index contributed by atoms with van der Waals surface area (Å²) in [7, 11) is 0. The Labute approximate surface area is 70.7 Å². The van der Waals surface area contributed by atoms with Crippen LogP contribution in [0.1, 0.15) is 0 Å². The molecule has 0 spiro atoms. The monoisotopic (exact) mass is 272 g/mol. The molecule has 0 fully saturated rings. The molecular formula is H8O5SnZn. The second-order valence-electron chi connectivity index (χ2n) is 0. The molecule has 7 heavy (non-hydrogen) atoms. The van der Waals surface area contributed by atoms with E-state index in [2.05, 4.69) is 0 Å². The summed E-state index contributed by atoms with van der Waals surface area (Å²) >= 11 is 0. The summed E-state index contributed by atoms with van der Waals surface area (Å²) in [4.78, 5) is 0. The zero-order valence-corrected chi connectivity index (χ0v) is 9.44. The van der Waals surface area contributed by atoms with Crippen LogP contribution in [0.3, 0.4) is 0 Å². The van der Waals surface area contributed by atoms with E-state index in [0.29, 0.717) is 0 Å². The Hall–Kier alpha value is 1.22. The number of rotatable bonds is 0. The molecule has 0 bridgehead atoms. The van der Waals surface area contributed by atoms with E-state index in [4.69, 9.17) is 0 Å². The van der Waals surface area contributed by atoms with Crippen molar-refractivity contribution in [1.29, 1.82) is 0 Å². The van der Waals surface area contributed by atoms with Crippen molar-refractivity contribution in [3.8, 4) is 0 Å². The molecular weight excluding hydrogens is 264 g/mol. The van der Waals surface area contributed by atoms with Crippen LogP contribution in [0.25, 0.3) is 0 Å². The summed E-state index contributed by atoms with van der Waals surface area (Å²) in [5.74, 6) is 0. The van der Waals surface area contributed by atoms with E-state index in [0.717, 1.165) is 0 Å². The Morgan fingerprint density at radius 2 is 0.571 bits per heavy atom. The van der Waals surface area contributed by atoms with Crippen LogP contribution in [-0.4, -0.2) is 45.8 Å². The van der Waals surface area contributed by atoms with Gasteiger partial charge in [-0.25, -0.2) is 0 Å². The fourth-order valence-corrected chi connectivity index (χ4v) is 0. The van der Waals surface area contributed by atoms with Crippen molar-refractivity contribution >= 4 is 23.9 Å². The van der Waals surface area contributed by atoms with Crippen LogP contribution < -0.4 is 0 Å². The molecule has 4 radical (unpaired) electrons. The van der Waals surface area contributed by atoms with Gasteiger partial charge in [0.2, 0.25) is 0 Å². The first kappa shape index (κ1) is 287. The SMILES string of the molecule is O.O.O.O.[O-2].[Sn].[Zn+2]. The van der Waals surface area contributed by atoms with Crippen molar-refractivity contribution in [1.82, 2.24) is 0 Å². The van der Waals surface area contributed by atoms with Gasteiger partial charge in [-0.1, -0.05) is 0 Å². The molecule has 0 amide bonds. The summed E-state index contributed by atoms with van der Waals surface area (Å²) in [5, 5.41) is 0. The van der Waals surface area contributed by atoms with Crippen LogP contribution in [0.15, 0.2) is 0 Å². The van der Waals surface area contributed by atoms with Crippen molar-refractivity contribution in [3.63, 3.8) is 0 Å². The molecule has 0 aliphatic rings. The predicted octanol–water partition coefficient (Wildman–Crippen LogP) is -3.80.